The molecule has 0 aliphatic rings. The molecular weight excluding hydrogens is 469 g/mol. The van der Waals surface area contributed by atoms with Crippen molar-refractivity contribution in [2.45, 2.75) is 6.54 Å². The van der Waals surface area contributed by atoms with E-state index in [-0.39, 0.29) is 5.91 Å². The van der Waals surface area contributed by atoms with Crippen molar-refractivity contribution in [1.82, 2.24) is 25.3 Å². The third-order valence-electron chi connectivity index (χ3n) is 5.33. The van der Waals surface area contributed by atoms with E-state index >= 15 is 0 Å². The molecule has 2 aromatic heterocycles. The number of nitrogens with zero attached hydrogens (tertiary/aromatic N) is 3. The number of aromatic nitrogens is 4. The summed E-state index contributed by atoms with van der Waals surface area (Å²) in [5.74, 6) is -0.282. The van der Waals surface area contributed by atoms with Gasteiger partial charge in [0.2, 0.25) is 0 Å². The van der Waals surface area contributed by atoms with Gasteiger partial charge in [0.1, 0.15) is 5.69 Å². The van der Waals surface area contributed by atoms with Crippen LogP contribution in [0.25, 0.3) is 28.2 Å². The first kappa shape index (κ1) is 21.9. The number of para-hydroxylation sites is 1. The van der Waals surface area contributed by atoms with Gasteiger partial charge in [0, 0.05) is 34.5 Å². The molecule has 34 heavy (non-hydrogen) atoms. The van der Waals surface area contributed by atoms with Crippen molar-refractivity contribution in [1.29, 1.82) is 0 Å². The Hall–Kier alpha value is -3.87. The lowest BCUT2D eigenvalue weighted by molar-refractivity contribution is 0.0946. The zero-order chi connectivity index (χ0) is 23.5. The number of aromatic amines is 1. The van der Waals surface area contributed by atoms with Crippen LogP contribution in [-0.4, -0.2) is 25.9 Å². The quantitative estimate of drug-likeness (QED) is 0.300. The third-order valence-corrected chi connectivity index (χ3v) is 5.87. The SMILES string of the molecule is O=C(NCc1cn(-c2ccccc2)nc1-c1ccccc1)c1cc(-c2ccc(Cl)cc2Cl)n[nH]1. The van der Waals surface area contributed by atoms with Crippen LogP contribution in [0.3, 0.4) is 0 Å². The molecule has 0 saturated heterocycles. The summed E-state index contributed by atoms with van der Waals surface area (Å²) in [5, 5.41) is 15.8. The summed E-state index contributed by atoms with van der Waals surface area (Å²) in [5.41, 5.74) is 5.20. The lowest BCUT2D eigenvalue weighted by Crippen LogP contribution is -2.23. The minimum atomic E-state index is -0.282. The third kappa shape index (κ3) is 4.59. The van der Waals surface area contributed by atoms with Gasteiger partial charge in [0.25, 0.3) is 5.91 Å². The molecule has 3 aromatic carbocycles. The maximum absolute atomic E-state index is 12.9. The fourth-order valence-electron chi connectivity index (χ4n) is 3.64. The number of rotatable bonds is 6. The predicted octanol–water partition coefficient (Wildman–Crippen LogP) is 6.17. The first-order valence-corrected chi connectivity index (χ1v) is 11.3. The number of hydrogen-bond acceptors (Lipinski definition) is 3. The molecule has 0 atom stereocenters. The van der Waals surface area contributed by atoms with Crippen LogP contribution in [-0.2, 0) is 6.54 Å². The zero-order valence-corrected chi connectivity index (χ0v) is 19.4. The van der Waals surface area contributed by atoms with Crippen LogP contribution in [0.1, 0.15) is 16.1 Å². The summed E-state index contributed by atoms with van der Waals surface area (Å²) in [6, 6.07) is 26.5. The van der Waals surface area contributed by atoms with Gasteiger partial charge < -0.3 is 5.32 Å². The molecule has 0 unspecified atom stereocenters. The maximum atomic E-state index is 12.9. The van der Waals surface area contributed by atoms with Gasteiger partial charge in [-0.1, -0.05) is 71.7 Å². The number of nitrogens with one attached hydrogen (secondary N) is 2. The summed E-state index contributed by atoms with van der Waals surface area (Å²) in [4.78, 5) is 12.9. The summed E-state index contributed by atoms with van der Waals surface area (Å²) in [6.45, 7) is 0.298. The standard InChI is InChI=1S/C26H19Cl2N5O/c27-19-11-12-21(22(28)13-19)23-14-24(31-30-23)26(34)29-15-18-16-33(20-9-5-2-6-10-20)32-25(18)17-7-3-1-4-8-17/h1-14,16H,15H2,(H,29,34)(H,30,31). The van der Waals surface area contributed by atoms with Crippen molar-refractivity contribution < 1.29 is 4.79 Å². The van der Waals surface area contributed by atoms with Gasteiger partial charge in [-0.05, 0) is 36.4 Å². The minimum absolute atomic E-state index is 0.282. The lowest BCUT2D eigenvalue weighted by Gasteiger charge is -2.04. The minimum Gasteiger partial charge on any atom is -0.347 e. The van der Waals surface area contributed by atoms with Crippen LogP contribution in [0, 0.1) is 0 Å². The molecule has 0 spiro atoms. The van der Waals surface area contributed by atoms with E-state index in [1.54, 1.807) is 24.3 Å². The fraction of sp³-hybridized carbons (Fsp3) is 0.0385. The Kier molecular flexibility index (Phi) is 6.16. The van der Waals surface area contributed by atoms with Crippen LogP contribution in [0.15, 0.2) is 91.1 Å². The van der Waals surface area contributed by atoms with E-state index < -0.39 is 0 Å². The Morgan fingerprint density at radius 1 is 0.941 bits per heavy atom. The highest BCUT2D eigenvalue weighted by Crippen LogP contribution is 2.29. The molecule has 2 heterocycles. The Bertz CT molecular complexity index is 1440. The van der Waals surface area contributed by atoms with Crippen molar-refractivity contribution in [2.24, 2.45) is 0 Å². The highest BCUT2D eigenvalue weighted by molar-refractivity contribution is 6.36. The number of benzene rings is 3. The van der Waals surface area contributed by atoms with Gasteiger partial charge in [0.05, 0.1) is 22.1 Å². The van der Waals surface area contributed by atoms with Crippen molar-refractivity contribution in [2.75, 3.05) is 0 Å². The molecule has 0 fully saturated rings. The Balaban J connectivity index is 1.38. The Labute approximate surface area is 206 Å². The Morgan fingerprint density at radius 2 is 1.68 bits per heavy atom. The van der Waals surface area contributed by atoms with Gasteiger partial charge in [-0.2, -0.15) is 10.2 Å². The van der Waals surface area contributed by atoms with Crippen LogP contribution in [0.2, 0.25) is 10.0 Å². The lowest BCUT2D eigenvalue weighted by atomic mass is 10.1. The smallest absolute Gasteiger partial charge is 0.269 e. The highest BCUT2D eigenvalue weighted by atomic mass is 35.5. The topological polar surface area (TPSA) is 75.6 Å². The second kappa shape index (κ2) is 9.55. The van der Waals surface area contributed by atoms with Crippen molar-refractivity contribution >= 4 is 29.1 Å². The number of carbonyl (C=O) groups excluding carboxylic acids is 1. The van der Waals surface area contributed by atoms with E-state index in [4.69, 9.17) is 28.3 Å². The number of carbonyl (C=O) groups is 1. The molecule has 168 valence electrons. The van der Waals surface area contributed by atoms with Gasteiger partial charge in [-0.25, -0.2) is 4.68 Å². The van der Waals surface area contributed by atoms with Crippen molar-refractivity contribution in [3.63, 3.8) is 0 Å². The van der Waals surface area contributed by atoms with E-state index in [1.165, 1.54) is 0 Å². The normalized spacial score (nSPS) is 10.9. The molecule has 5 aromatic rings. The average Bonchev–Trinajstić information content (AvgIpc) is 3.52. The molecule has 0 bridgehead atoms. The van der Waals surface area contributed by atoms with Gasteiger partial charge in [-0.15, -0.1) is 0 Å². The highest BCUT2D eigenvalue weighted by Gasteiger charge is 2.16. The molecular formula is C26H19Cl2N5O. The summed E-state index contributed by atoms with van der Waals surface area (Å²) >= 11 is 12.2. The molecule has 2 N–H and O–H groups in total. The number of hydrogen-bond donors (Lipinski definition) is 2. The molecule has 5 rings (SSSR count). The van der Waals surface area contributed by atoms with E-state index in [2.05, 4.69) is 15.5 Å². The van der Waals surface area contributed by atoms with Gasteiger partial charge >= 0.3 is 0 Å². The number of H-pyrrole nitrogens is 1. The van der Waals surface area contributed by atoms with E-state index in [0.717, 1.165) is 22.5 Å². The summed E-state index contributed by atoms with van der Waals surface area (Å²) in [6.07, 6.45) is 1.93. The van der Waals surface area contributed by atoms with Gasteiger partial charge in [-0.3, -0.25) is 9.89 Å². The predicted molar refractivity (Wildman–Crippen MR) is 134 cm³/mol. The maximum Gasteiger partial charge on any atom is 0.269 e. The first-order chi connectivity index (χ1) is 16.6. The summed E-state index contributed by atoms with van der Waals surface area (Å²) < 4.78 is 1.82. The molecule has 8 heteroatoms. The molecule has 0 saturated carbocycles. The second-order valence-electron chi connectivity index (χ2n) is 7.62. The zero-order valence-electron chi connectivity index (χ0n) is 17.9. The summed E-state index contributed by atoms with van der Waals surface area (Å²) in [7, 11) is 0. The monoisotopic (exact) mass is 487 g/mol. The molecule has 6 nitrogen and oxygen atoms in total. The largest absolute Gasteiger partial charge is 0.347 e. The van der Waals surface area contributed by atoms with Crippen LogP contribution < -0.4 is 5.32 Å². The van der Waals surface area contributed by atoms with Crippen LogP contribution in [0.4, 0.5) is 0 Å². The average molecular weight is 488 g/mol. The molecule has 1 amide bonds. The van der Waals surface area contributed by atoms with Crippen molar-refractivity contribution in [3.05, 3.63) is 112 Å². The van der Waals surface area contributed by atoms with Crippen LogP contribution in [0.5, 0.6) is 0 Å². The Morgan fingerprint density at radius 3 is 2.41 bits per heavy atom. The first-order valence-electron chi connectivity index (χ1n) is 10.6. The second-order valence-corrected chi connectivity index (χ2v) is 8.47. The fourth-order valence-corrected chi connectivity index (χ4v) is 4.14. The number of halogens is 2. The molecule has 0 aliphatic heterocycles. The van der Waals surface area contributed by atoms with Crippen LogP contribution >= 0.6 is 23.2 Å². The molecule has 0 aliphatic carbocycles. The van der Waals surface area contributed by atoms with Crippen molar-refractivity contribution in [3.8, 4) is 28.2 Å². The number of amides is 1. The van der Waals surface area contributed by atoms with E-state index in [9.17, 15) is 4.79 Å². The van der Waals surface area contributed by atoms with E-state index in [1.807, 2.05) is 71.5 Å². The van der Waals surface area contributed by atoms with E-state index in [0.29, 0.717) is 33.5 Å². The van der Waals surface area contributed by atoms with Gasteiger partial charge in [0.15, 0.2) is 0 Å². The molecule has 0 radical (unpaired) electrons.